The summed E-state index contributed by atoms with van der Waals surface area (Å²) >= 11 is 6.23. The van der Waals surface area contributed by atoms with Crippen LogP contribution in [0.4, 0.5) is 0 Å². The highest BCUT2D eigenvalue weighted by Crippen LogP contribution is 2.27. The number of hydrogen-bond acceptors (Lipinski definition) is 1. The standard InChI is InChI=1S/C14H19ClO2/c1-10(2)11-6-8-12(9-7-11)13(15)4-3-5-14(16)17/h6-10,13H,3-5H2,1-2H3,(H,16,17). The summed E-state index contributed by atoms with van der Waals surface area (Å²) in [4.78, 5) is 10.4. The number of benzene rings is 1. The molecule has 1 N–H and O–H groups in total. The number of aliphatic carboxylic acids is 1. The first-order valence-corrected chi connectivity index (χ1v) is 6.40. The molecule has 0 saturated heterocycles. The second-order valence-corrected chi connectivity index (χ2v) is 5.10. The van der Waals surface area contributed by atoms with E-state index in [0.29, 0.717) is 18.8 Å². The highest BCUT2D eigenvalue weighted by molar-refractivity contribution is 6.20. The van der Waals surface area contributed by atoms with Crippen LogP contribution in [0.1, 0.15) is 55.5 Å². The molecule has 0 aromatic heterocycles. The molecule has 1 unspecified atom stereocenters. The van der Waals surface area contributed by atoms with E-state index < -0.39 is 5.97 Å². The van der Waals surface area contributed by atoms with E-state index in [0.717, 1.165) is 5.56 Å². The maximum atomic E-state index is 10.4. The first kappa shape index (κ1) is 14.0. The molecule has 0 saturated carbocycles. The lowest BCUT2D eigenvalue weighted by atomic mass is 9.99. The molecule has 0 fully saturated rings. The van der Waals surface area contributed by atoms with Crippen LogP contribution in [0.2, 0.25) is 0 Å². The van der Waals surface area contributed by atoms with Crippen molar-refractivity contribution >= 4 is 17.6 Å². The third-order valence-electron chi connectivity index (χ3n) is 2.81. The Morgan fingerprint density at radius 2 is 1.76 bits per heavy atom. The van der Waals surface area contributed by atoms with E-state index in [-0.39, 0.29) is 11.8 Å². The molecule has 0 bridgehead atoms. The Morgan fingerprint density at radius 3 is 2.24 bits per heavy atom. The zero-order valence-corrected chi connectivity index (χ0v) is 11.1. The van der Waals surface area contributed by atoms with Gasteiger partial charge in [-0.05, 0) is 29.9 Å². The van der Waals surface area contributed by atoms with E-state index in [1.165, 1.54) is 5.56 Å². The fourth-order valence-electron chi connectivity index (χ4n) is 1.69. The van der Waals surface area contributed by atoms with Crippen molar-refractivity contribution in [2.45, 2.75) is 44.4 Å². The Morgan fingerprint density at radius 1 is 1.24 bits per heavy atom. The molecular weight excluding hydrogens is 236 g/mol. The van der Waals surface area contributed by atoms with Gasteiger partial charge in [0.1, 0.15) is 0 Å². The van der Waals surface area contributed by atoms with Crippen molar-refractivity contribution in [1.29, 1.82) is 0 Å². The minimum atomic E-state index is -0.760. The van der Waals surface area contributed by atoms with E-state index in [9.17, 15) is 4.79 Å². The monoisotopic (exact) mass is 254 g/mol. The molecule has 94 valence electrons. The molecule has 0 radical (unpaired) electrons. The van der Waals surface area contributed by atoms with Gasteiger partial charge in [-0.3, -0.25) is 4.79 Å². The zero-order valence-electron chi connectivity index (χ0n) is 10.3. The summed E-state index contributed by atoms with van der Waals surface area (Å²) in [7, 11) is 0. The molecular formula is C14H19ClO2. The maximum Gasteiger partial charge on any atom is 0.303 e. The summed E-state index contributed by atoms with van der Waals surface area (Å²) in [5.41, 5.74) is 2.37. The van der Waals surface area contributed by atoms with Crippen molar-refractivity contribution in [2.75, 3.05) is 0 Å². The average Bonchev–Trinajstić information content (AvgIpc) is 2.28. The molecule has 1 rings (SSSR count). The molecule has 0 aliphatic heterocycles. The van der Waals surface area contributed by atoms with Gasteiger partial charge in [-0.2, -0.15) is 0 Å². The molecule has 1 aromatic rings. The fourth-order valence-corrected chi connectivity index (χ4v) is 1.99. The summed E-state index contributed by atoms with van der Waals surface area (Å²) < 4.78 is 0. The third kappa shape index (κ3) is 4.78. The normalized spacial score (nSPS) is 12.7. The molecule has 0 aliphatic carbocycles. The van der Waals surface area contributed by atoms with Crippen LogP contribution in [0.5, 0.6) is 0 Å². The molecule has 0 aliphatic rings. The van der Waals surface area contributed by atoms with Gasteiger partial charge in [-0.1, -0.05) is 38.1 Å². The zero-order chi connectivity index (χ0) is 12.8. The summed E-state index contributed by atoms with van der Waals surface area (Å²) in [5.74, 6) is -0.242. The lowest BCUT2D eigenvalue weighted by molar-refractivity contribution is -0.137. The van der Waals surface area contributed by atoms with E-state index in [2.05, 4.69) is 26.0 Å². The smallest absolute Gasteiger partial charge is 0.303 e. The van der Waals surface area contributed by atoms with Crippen molar-refractivity contribution in [3.05, 3.63) is 35.4 Å². The van der Waals surface area contributed by atoms with Crippen LogP contribution >= 0.6 is 11.6 Å². The Balaban J connectivity index is 2.51. The number of carbonyl (C=O) groups is 1. The van der Waals surface area contributed by atoms with Gasteiger partial charge in [0.15, 0.2) is 0 Å². The number of rotatable bonds is 6. The molecule has 0 heterocycles. The molecule has 3 heteroatoms. The van der Waals surface area contributed by atoms with Gasteiger partial charge in [0.25, 0.3) is 0 Å². The van der Waals surface area contributed by atoms with Gasteiger partial charge in [-0.15, -0.1) is 11.6 Å². The second-order valence-electron chi connectivity index (χ2n) is 4.57. The summed E-state index contributed by atoms with van der Waals surface area (Å²) in [6.45, 7) is 4.31. The largest absolute Gasteiger partial charge is 0.481 e. The predicted octanol–water partition coefficient (Wildman–Crippen LogP) is 4.34. The minimum Gasteiger partial charge on any atom is -0.481 e. The van der Waals surface area contributed by atoms with E-state index in [1.54, 1.807) is 0 Å². The van der Waals surface area contributed by atoms with Crippen molar-refractivity contribution in [3.8, 4) is 0 Å². The van der Waals surface area contributed by atoms with Gasteiger partial charge in [-0.25, -0.2) is 0 Å². The molecule has 1 aromatic carbocycles. The van der Waals surface area contributed by atoms with Crippen LogP contribution in [0.15, 0.2) is 24.3 Å². The van der Waals surface area contributed by atoms with Crippen LogP contribution in [0, 0.1) is 0 Å². The van der Waals surface area contributed by atoms with Gasteiger partial charge >= 0.3 is 5.97 Å². The third-order valence-corrected chi connectivity index (χ3v) is 3.28. The van der Waals surface area contributed by atoms with E-state index >= 15 is 0 Å². The fraction of sp³-hybridized carbons (Fsp3) is 0.500. The van der Waals surface area contributed by atoms with Crippen LogP contribution in [0.25, 0.3) is 0 Å². The summed E-state index contributed by atoms with van der Waals surface area (Å²) in [5, 5.41) is 8.46. The van der Waals surface area contributed by atoms with E-state index in [4.69, 9.17) is 16.7 Å². The number of alkyl halides is 1. The van der Waals surface area contributed by atoms with Crippen LogP contribution in [0.3, 0.4) is 0 Å². The van der Waals surface area contributed by atoms with Gasteiger partial charge in [0.2, 0.25) is 0 Å². The van der Waals surface area contributed by atoms with Crippen molar-refractivity contribution in [1.82, 2.24) is 0 Å². The summed E-state index contributed by atoms with van der Waals surface area (Å²) in [6.07, 6.45) is 1.51. The maximum absolute atomic E-state index is 10.4. The Labute approximate surface area is 108 Å². The highest BCUT2D eigenvalue weighted by atomic mass is 35.5. The lowest BCUT2D eigenvalue weighted by Gasteiger charge is -2.11. The highest BCUT2D eigenvalue weighted by Gasteiger charge is 2.09. The first-order chi connectivity index (χ1) is 8.00. The Hall–Kier alpha value is -1.02. The number of halogens is 1. The summed E-state index contributed by atoms with van der Waals surface area (Å²) in [6, 6.07) is 8.25. The number of carboxylic acids is 1. The Kier molecular flexibility index (Phi) is 5.49. The van der Waals surface area contributed by atoms with Crippen molar-refractivity contribution in [3.63, 3.8) is 0 Å². The topological polar surface area (TPSA) is 37.3 Å². The number of hydrogen-bond donors (Lipinski definition) is 1. The van der Waals surface area contributed by atoms with Gasteiger partial charge < -0.3 is 5.11 Å². The van der Waals surface area contributed by atoms with Gasteiger partial charge in [0, 0.05) is 6.42 Å². The molecule has 0 amide bonds. The van der Waals surface area contributed by atoms with Crippen LogP contribution in [-0.2, 0) is 4.79 Å². The van der Waals surface area contributed by atoms with Crippen molar-refractivity contribution < 1.29 is 9.90 Å². The van der Waals surface area contributed by atoms with Gasteiger partial charge in [0.05, 0.1) is 5.38 Å². The second kappa shape index (κ2) is 6.65. The Bertz CT molecular complexity index is 357. The molecule has 17 heavy (non-hydrogen) atoms. The molecule has 1 atom stereocenters. The van der Waals surface area contributed by atoms with Crippen molar-refractivity contribution in [2.24, 2.45) is 0 Å². The predicted molar refractivity (Wildman–Crippen MR) is 70.6 cm³/mol. The SMILES string of the molecule is CC(C)c1ccc(C(Cl)CCCC(=O)O)cc1. The lowest BCUT2D eigenvalue weighted by Crippen LogP contribution is -1.97. The quantitative estimate of drug-likeness (QED) is 0.767. The van der Waals surface area contributed by atoms with E-state index in [1.807, 2.05) is 12.1 Å². The molecule has 2 nitrogen and oxygen atoms in total. The first-order valence-electron chi connectivity index (χ1n) is 5.96. The number of carboxylic acid groups (broad SMARTS) is 1. The molecule has 0 spiro atoms. The average molecular weight is 255 g/mol. The minimum absolute atomic E-state index is 0.0874. The van der Waals surface area contributed by atoms with Crippen LogP contribution in [-0.4, -0.2) is 11.1 Å². The van der Waals surface area contributed by atoms with Crippen LogP contribution < -0.4 is 0 Å².